The van der Waals surface area contributed by atoms with E-state index in [0.717, 1.165) is 23.8 Å². The number of aliphatic hydroxyl groups excluding tert-OH is 1. The number of aldehydes is 1. The molecule has 3 atom stereocenters. The van der Waals surface area contributed by atoms with Crippen molar-refractivity contribution in [3.8, 4) is 0 Å². The van der Waals surface area contributed by atoms with Gasteiger partial charge in [0.2, 0.25) is 0 Å². The van der Waals surface area contributed by atoms with E-state index in [-0.39, 0.29) is 17.1 Å². The number of ketones is 1. The van der Waals surface area contributed by atoms with Crippen LogP contribution in [0.25, 0.3) is 0 Å². The van der Waals surface area contributed by atoms with Crippen molar-refractivity contribution in [1.29, 1.82) is 0 Å². The fourth-order valence-corrected chi connectivity index (χ4v) is 3.80. The summed E-state index contributed by atoms with van der Waals surface area (Å²) in [4.78, 5) is 22.9. The predicted octanol–water partition coefficient (Wildman–Crippen LogP) is 3.09. The number of allylic oxidation sites excluding steroid dienone is 1. The van der Waals surface area contributed by atoms with Crippen molar-refractivity contribution >= 4 is 12.1 Å². The lowest BCUT2D eigenvalue weighted by Crippen LogP contribution is -2.52. The van der Waals surface area contributed by atoms with Crippen LogP contribution in [0, 0.1) is 17.3 Å². The largest absolute Gasteiger partial charge is 0.388 e. The smallest absolute Gasteiger partial charge is 0.159 e. The van der Waals surface area contributed by atoms with E-state index in [9.17, 15) is 14.7 Å². The van der Waals surface area contributed by atoms with Crippen molar-refractivity contribution in [3.05, 3.63) is 47.0 Å². The Hall–Kier alpha value is -1.74. The van der Waals surface area contributed by atoms with Crippen molar-refractivity contribution in [1.82, 2.24) is 0 Å². The standard InChI is InChI=1S/C18H20O3/c1-18(2)14-9-15(18)17(21)8-13(14)7-16(20)12-5-3-4-11(6-12)10-19/h3-6,8,10,14-16,20H,7,9H2,1-2H3/t14-,15+,16?/m1/s1. The maximum Gasteiger partial charge on any atom is 0.159 e. The molecule has 0 amide bonds. The molecule has 110 valence electrons. The number of aliphatic hydroxyl groups is 1. The summed E-state index contributed by atoms with van der Waals surface area (Å²) in [6, 6.07) is 7.01. The van der Waals surface area contributed by atoms with Gasteiger partial charge < -0.3 is 5.11 Å². The van der Waals surface area contributed by atoms with E-state index in [0.29, 0.717) is 17.9 Å². The summed E-state index contributed by atoms with van der Waals surface area (Å²) in [5, 5.41) is 10.4. The van der Waals surface area contributed by atoms with Crippen LogP contribution in [0.1, 0.15) is 48.7 Å². The quantitative estimate of drug-likeness (QED) is 0.864. The predicted molar refractivity (Wildman–Crippen MR) is 79.9 cm³/mol. The Kier molecular flexibility index (Phi) is 3.33. The van der Waals surface area contributed by atoms with E-state index in [2.05, 4.69) is 13.8 Å². The maximum atomic E-state index is 12.1. The second-order valence-electron chi connectivity index (χ2n) is 6.79. The minimum absolute atomic E-state index is 0.0194. The molecule has 3 aliphatic carbocycles. The molecule has 0 radical (unpaired) electrons. The van der Waals surface area contributed by atoms with Crippen LogP contribution in [0.3, 0.4) is 0 Å². The Bertz CT molecular complexity index is 627. The molecule has 0 saturated heterocycles. The van der Waals surface area contributed by atoms with E-state index >= 15 is 0 Å². The number of hydrogen-bond donors (Lipinski definition) is 1. The zero-order valence-electron chi connectivity index (χ0n) is 12.4. The molecular weight excluding hydrogens is 264 g/mol. The molecule has 4 rings (SSSR count). The van der Waals surface area contributed by atoms with Crippen molar-refractivity contribution < 1.29 is 14.7 Å². The Morgan fingerprint density at radius 1 is 1.38 bits per heavy atom. The first-order valence-electron chi connectivity index (χ1n) is 7.41. The first-order chi connectivity index (χ1) is 9.93. The van der Waals surface area contributed by atoms with Gasteiger partial charge in [-0.1, -0.05) is 37.6 Å². The van der Waals surface area contributed by atoms with E-state index in [1.807, 2.05) is 6.07 Å². The Morgan fingerprint density at radius 3 is 2.76 bits per heavy atom. The van der Waals surface area contributed by atoms with Gasteiger partial charge in [-0.05, 0) is 41.9 Å². The number of fused-ring (bicyclic) bond motifs is 1. The molecule has 3 aliphatic rings. The zero-order valence-corrected chi connectivity index (χ0v) is 12.4. The molecule has 2 bridgehead atoms. The average molecular weight is 284 g/mol. The number of rotatable bonds is 4. The Balaban J connectivity index is 1.80. The summed E-state index contributed by atoms with van der Waals surface area (Å²) in [5.74, 6) is 0.747. The molecule has 0 aliphatic heterocycles. The molecule has 21 heavy (non-hydrogen) atoms. The van der Waals surface area contributed by atoms with Gasteiger partial charge in [0, 0.05) is 11.5 Å². The molecule has 1 aromatic rings. The van der Waals surface area contributed by atoms with Crippen molar-refractivity contribution in [2.45, 2.75) is 32.8 Å². The minimum Gasteiger partial charge on any atom is -0.388 e. The van der Waals surface area contributed by atoms with Crippen LogP contribution in [0.15, 0.2) is 35.9 Å². The number of benzene rings is 1. The highest BCUT2D eigenvalue weighted by molar-refractivity contribution is 5.96. The van der Waals surface area contributed by atoms with E-state index < -0.39 is 6.10 Å². The normalized spacial score (nSPS) is 27.6. The molecule has 0 heterocycles. The monoisotopic (exact) mass is 284 g/mol. The van der Waals surface area contributed by atoms with Gasteiger partial charge in [-0.3, -0.25) is 9.59 Å². The Morgan fingerprint density at radius 2 is 2.14 bits per heavy atom. The van der Waals surface area contributed by atoms with Crippen LogP contribution in [-0.4, -0.2) is 17.2 Å². The summed E-state index contributed by atoms with van der Waals surface area (Å²) in [6.45, 7) is 4.27. The van der Waals surface area contributed by atoms with Crippen LogP contribution in [0.5, 0.6) is 0 Å². The zero-order chi connectivity index (χ0) is 15.2. The maximum absolute atomic E-state index is 12.1. The van der Waals surface area contributed by atoms with Crippen LogP contribution < -0.4 is 0 Å². The molecule has 0 aromatic heterocycles. The molecule has 1 N–H and O–H groups in total. The molecular formula is C18H20O3. The first-order valence-corrected chi connectivity index (χ1v) is 7.41. The number of carbonyl (C=O) groups is 2. The molecule has 3 heteroatoms. The van der Waals surface area contributed by atoms with Gasteiger partial charge in [0.05, 0.1) is 6.10 Å². The highest BCUT2D eigenvalue weighted by Crippen LogP contribution is 2.59. The van der Waals surface area contributed by atoms with Crippen LogP contribution >= 0.6 is 0 Å². The fourth-order valence-electron chi connectivity index (χ4n) is 3.80. The summed E-state index contributed by atoms with van der Waals surface area (Å²) >= 11 is 0. The summed E-state index contributed by atoms with van der Waals surface area (Å²) in [7, 11) is 0. The van der Waals surface area contributed by atoms with Gasteiger partial charge >= 0.3 is 0 Å². The van der Waals surface area contributed by atoms with Gasteiger partial charge in [0.15, 0.2) is 5.78 Å². The van der Waals surface area contributed by atoms with Gasteiger partial charge in [-0.25, -0.2) is 0 Å². The molecule has 1 saturated carbocycles. The summed E-state index contributed by atoms with van der Waals surface area (Å²) < 4.78 is 0. The first kappa shape index (κ1) is 14.2. The minimum atomic E-state index is -0.670. The molecule has 1 aromatic carbocycles. The third-order valence-electron chi connectivity index (χ3n) is 5.25. The third kappa shape index (κ3) is 2.26. The second kappa shape index (κ2) is 4.92. The average Bonchev–Trinajstić information content (AvgIpc) is 2.46. The highest BCUT2D eigenvalue weighted by atomic mass is 16.3. The molecule has 3 nitrogen and oxygen atoms in total. The second-order valence-corrected chi connectivity index (χ2v) is 6.79. The summed E-state index contributed by atoms with van der Waals surface area (Å²) in [6.07, 6.45) is 3.22. The van der Waals surface area contributed by atoms with Crippen molar-refractivity contribution in [2.75, 3.05) is 0 Å². The van der Waals surface area contributed by atoms with E-state index in [4.69, 9.17) is 0 Å². The van der Waals surface area contributed by atoms with Gasteiger partial charge in [-0.2, -0.15) is 0 Å². The van der Waals surface area contributed by atoms with E-state index in [1.165, 1.54) is 0 Å². The number of carbonyl (C=O) groups excluding carboxylic acids is 2. The van der Waals surface area contributed by atoms with Crippen LogP contribution in [0.4, 0.5) is 0 Å². The van der Waals surface area contributed by atoms with Crippen molar-refractivity contribution in [3.63, 3.8) is 0 Å². The lowest BCUT2D eigenvalue weighted by atomic mass is 9.48. The van der Waals surface area contributed by atoms with Crippen LogP contribution in [0.2, 0.25) is 0 Å². The van der Waals surface area contributed by atoms with Gasteiger partial charge in [-0.15, -0.1) is 0 Å². The SMILES string of the molecule is CC1(C)[C@@H]2C[C@H]1C(=O)C=C2CC(O)c1cccc(C=O)c1. The van der Waals surface area contributed by atoms with Crippen LogP contribution in [-0.2, 0) is 4.79 Å². The summed E-state index contributed by atoms with van der Waals surface area (Å²) in [5.41, 5.74) is 2.36. The highest BCUT2D eigenvalue weighted by Gasteiger charge is 2.55. The Labute approximate surface area is 124 Å². The van der Waals surface area contributed by atoms with Gasteiger partial charge in [0.1, 0.15) is 6.29 Å². The number of hydrogen-bond acceptors (Lipinski definition) is 3. The lowest BCUT2D eigenvalue weighted by molar-refractivity contribution is -0.134. The third-order valence-corrected chi connectivity index (χ3v) is 5.25. The molecule has 1 unspecified atom stereocenters. The van der Waals surface area contributed by atoms with Crippen molar-refractivity contribution in [2.24, 2.45) is 17.3 Å². The molecule has 0 spiro atoms. The lowest BCUT2D eigenvalue weighted by Gasteiger charge is -2.55. The van der Waals surface area contributed by atoms with Gasteiger partial charge in [0.25, 0.3) is 0 Å². The van der Waals surface area contributed by atoms with E-state index in [1.54, 1.807) is 24.3 Å². The molecule has 1 fully saturated rings. The topological polar surface area (TPSA) is 54.4 Å². The fraction of sp³-hybridized carbons (Fsp3) is 0.444.